The van der Waals surface area contributed by atoms with E-state index in [-0.39, 0.29) is 68.8 Å². The zero-order valence-corrected chi connectivity index (χ0v) is 41.5. The first-order chi connectivity index (χ1) is 31.3. The maximum atomic E-state index is 14.7. The Morgan fingerprint density at radius 1 is 1.00 bits per heavy atom. The van der Waals surface area contributed by atoms with Gasteiger partial charge in [-0.05, 0) is 112 Å². The van der Waals surface area contributed by atoms with Crippen LogP contribution in [0, 0.1) is 17.8 Å². The number of carbonyl (C=O) groups is 2. The molecule has 0 amide bonds. The van der Waals surface area contributed by atoms with E-state index in [0.717, 1.165) is 12.5 Å². The standard InChI is InChI=1S/C51H76F3N3O10/c1-13-41-49(9,61)44(58)34(6)56(12)28-30(2)27-48(8)45(65-43-35(7)63-31(3)25-40(43)55(10)11)32(4)42(33(5)46(59)64-41)66-50(67-48)21-23-57(24-22-50)37-19-20-38(39(26-37)51(52,53)54)47(60)62-29-36-17-15-14-16-18-36/h14-20,26,30-35,40-45,58,61H,13,21-25,27-29H2,1-12H3/t30-,31-,32+,33-,34-,35+,40+,41-,42+,43+,44-,45-,48-,49-/m1/s1. The molecule has 2 aromatic rings. The number of cyclic esters (lactones) is 1. The molecule has 2 aromatic carbocycles. The molecule has 1 spiro atoms. The van der Waals surface area contributed by atoms with Gasteiger partial charge in [0, 0.05) is 56.2 Å². The fraction of sp³-hybridized carbons (Fsp3) is 0.725. The smallest absolute Gasteiger partial charge is 0.417 e. The maximum Gasteiger partial charge on any atom is 0.417 e. The molecule has 14 atom stereocenters. The summed E-state index contributed by atoms with van der Waals surface area (Å²) in [5, 5.41) is 23.5. The number of carbonyl (C=O) groups excluding carboxylic acids is 2. The van der Waals surface area contributed by atoms with Crippen molar-refractivity contribution in [3.8, 4) is 0 Å². The molecule has 6 rings (SSSR count). The third kappa shape index (κ3) is 11.6. The SMILES string of the molecule is CC[C@H]1OC(=O)[C@H](C)[C@H]2OC3(CCN(c4ccc(C(=O)OCc5ccccc5)c(C(F)(F)F)c4)CC3)O[C@](C)(C[C@@H](C)CN(C)[C@H](C)[C@@H](O)[C@]1(C)O)[C@H](O[C@H]1[C@H](C)O[C@H](C)C[C@@H]1N(C)C)[C@H]2C. The summed E-state index contributed by atoms with van der Waals surface area (Å²) in [7, 11) is 5.95. The molecule has 0 saturated carbocycles. The normalized spacial score (nSPS) is 37.1. The monoisotopic (exact) mass is 948 g/mol. The first-order valence-corrected chi connectivity index (χ1v) is 24.1. The highest BCUT2D eigenvalue weighted by molar-refractivity contribution is 5.92. The van der Waals surface area contributed by atoms with Gasteiger partial charge in [-0.1, -0.05) is 51.1 Å². The van der Waals surface area contributed by atoms with E-state index < -0.39 is 94.6 Å². The minimum atomic E-state index is -4.84. The van der Waals surface area contributed by atoms with Crippen LogP contribution in [0.5, 0.6) is 0 Å². The molecule has 4 aliphatic rings. The van der Waals surface area contributed by atoms with Crippen molar-refractivity contribution in [1.82, 2.24) is 9.80 Å². The topological polar surface area (TPSA) is 140 Å². The van der Waals surface area contributed by atoms with Crippen LogP contribution in [0.25, 0.3) is 0 Å². The highest BCUT2D eigenvalue weighted by Crippen LogP contribution is 2.49. The largest absolute Gasteiger partial charge is 0.459 e. The third-order valence-corrected chi connectivity index (χ3v) is 15.1. The van der Waals surface area contributed by atoms with Gasteiger partial charge in [0.15, 0.2) is 5.79 Å². The summed E-state index contributed by atoms with van der Waals surface area (Å²) in [4.78, 5) is 33.6. The second-order valence-corrected chi connectivity index (χ2v) is 20.8. The molecule has 4 aliphatic heterocycles. The van der Waals surface area contributed by atoms with Gasteiger partial charge >= 0.3 is 18.1 Å². The number of ether oxygens (including phenoxy) is 6. The molecule has 16 heteroatoms. The average molecular weight is 948 g/mol. The number of halogens is 3. The van der Waals surface area contributed by atoms with Crippen molar-refractivity contribution in [2.24, 2.45) is 17.8 Å². The maximum absolute atomic E-state index is 14.7. The molecule has 0 aromatic heterocycles. The van der Waals surface area contributed by atoms with E-state index >= 15 is 0 Å². The Kier molecular flexibility index (Phi) is 16.6. The molecule has 0 unspecified atom stereocenters. The predicted molar refractivity (Wildman–Crippen MR) is 247 cm³/mol. The number of alkyl halides is 3. The number of piperidine rings is 1. The Balaban J connectivity index is 1.39. The Bertz CT molecular complexity index is 1980. The summed E-state index contributed by atoms with van der Waals surface area (Å²) in [6, 6.07) is 11.9. The van der Waals surface area contributed by atoms with Gasteiger partial charge in [-0.2, -0.15) is 13.2 Å². The number of fused-ring (bicyclic) bond motifs is 3. The number of likely N-dealkylation sites (N-methyl/N-ethyl adjacent to an activating group) is 2. The summed E-state index contributed by atoms with van der Waals surface area (Å²) in [6.45, 7) is 17.9. The van der Waals surface area contributed by atoms with Crippen LogP contribution in [0.1, 0.15) is 116 Å². The Morgan fingerprint density at radius 3 is 2.27 bits per heavy atom. The molecular weight excluding hydrogens is 872 g/mol. The van der Waals surface area contributed by atoms with Crippen molar-refractivity contribution in [1.29, 1.82) is 0 Å². The van der Waals surface area contributed by atoms with Crippen molar-refractivity contribution in [2.45, 2.75) is 179 Å². The van der Waals surface area contributed by atoms with Gasteiger partial charge in [0.05, 0.1) is 53.2 Å². The molecular formula is C51H76F3N3O10. The highest BCUT2D eigenvalue weighted by Gasteiger charge is 2.58. The third-order valence-electron chi connectivity index (χ3n) is 15.1. The molecule has 376 valence electrons. The second-order valence-electron chi connectivity index (χ2n) is 20.8. The van der Waals surface area contributed by atoms with E-state index in [9.17, 15) is 33.0 Å². The number of aliphatic hydroxyl groups excluding tert-OH is 1. The van der Waals surface area contributed by atoms with Crippen molar-refractivity contribution in [3.63, 3.8) is 0 Å². The van der Waals surface area contributed by atoms with Crippen LogP contribution < -0.4 is 4.90 Å². The fourth-order valence-electron chi connectivity index (χ4n) is 11.3. The van der Waals surface area contributed by atoms with Crippen LogP contribution in [0.4, 0.5) is 18.9 Å². The summed E-state index contributed by atoms with van der Waals surface area (Å²) in [5.41, 5.74) is -3.60. The quantitative estimate of drug-likeness (QED) is 0.253. The van der Waals surface area contributed by atoms with Crippen molar-refractivity contribution in [3.05, 3.63) is 65.2 Å². The summed E-state index contributed by atoms with van der Waals surface area (Å²) in [5.74, 6) is -4.48. The van der Waals surface area contributed by atoms with Gasteiger partial charge in [-0.3, -0.25) is 4.79 Å². The lowest BCUT2D eigenvalue weighted by Gasteiger charge is -2.50. The highest BCUT2D eigenvalue weighted by atomic mass is 19.4. The second kappa shape index (κ2) is 20.9. The van der Waals surface area contributed by atoms with Crippen molar-refractivity contribution in [2.75, 3.05) is 45.7 Å². The van der Waals surface area contributed by atoms with Crippen LogP contribution in [0.2, 0.25) is 0 Å². The summed E-state index contributed by atoms with van der Waals surface area (Å²) in [6.07, 6.45) is -7.49. The van der Waals surface area contributed by atoms with Gasteiger partial charge < -0.3 is 53.3 Å². The number of hydrogen-bond acceptors (Lipinski definition) is 13. The number of benzene rings is 2. The number of hydrogen-bond donors (Lipinski definition) is 2. The van der Waals surface area contributed by atoms with Crippen LogP contribution in [-0.2, 0) is 46.0 Å². The average Bonchev–Trinajstić information content (AvgIpc) is 3.34. The lowest BCUT2D eigenvalue weighted by molar-refractivity contribution is -0.314. The van der Waals surface area contributed by atoms with Gasteiger partial charge in [0.25, 0.3) is 0 Å². The zero-order valence-electron chi connectivity index (χ0n) is 41.5. The van der Waals surface area contributed by atoms with Crippen LogP contribution in [0.3, 0.4) is 0 Å². The van der Waals surface area contributed by atoms with E-state index in [1.54, 1.807) is 44.2 Å². The summed E-state index contributed by atoms with van der Waals surface area (Å²) < 4.78 is 84.2. The van der Waals surface area contributed by atoms with Crippen LogP contribution >= 0.6 is 0 Å². The number of rotatable bonds is 8. The summed E-state index contributed by atoms with van der Waals surface area (Å²) >= 11 is 0. The number of nitrogens with zero attached hydrogens (tertiary/aromatic N) is 3. The van der Waals surface area contributed by atoms with Crippen molar-refractivity contribution >= 4 is 17.6 Å². The molecule has 0 radical (unpaired) electrons. The Labute approximate surface area is 395 Å². The van der Waals surface area contributed by atoms with Crippen LogP contribution in [0.15, 0.2) is 48.5 Å². The van der Waals surface area contributed by atoms with E-state index in [1.165, 1.54) is 19.1 Å². The van der Waals surface area contributed by atoms with Gasteiger partial charge in [-0.25, -0.2) is 4.79 Å². The van der Waals surface area contributed by atoms with E-state index in [0.29, 0.717) is 18.5 Å². The van der Waals surface area contributed by atoms with Crippen LogP contribution in [-0.4, -0.2) is 145 Å². The molecule has 2 bridgehead atoms. The minimum Gasteiger partial charge on any atom is -0.459 e. The first-order valence-electron chi connectivity index (χ1n) is 24.1. The van der Waals surface area contributed by atoms with Gasteiger partial charge in [0.1, 0.15) is 24.4 Å². The van der Waals surface area contributed by atoms with Gasteiger partial charge in [-0.15, -0.1) is 0 Å². The first kappa shape index (κ1) is 53.0. The number of esters is 2. The van der Waals surface area contributed by atoms with Crippen molar-refractivity contribution < 1.29 is 61.4 Å². The van der Waals surface area contributed by atoms with E-state index in [1.807, 2.05) is 58.6 Å². The molecule has 2 N–H and O–H groups in total. The van der Waals surface area contributed by atoms with E-state index in [2.05, 4.69) is 18.7 Å². The predicted octanol–water partition coefficient (Wildman–Crippen LogP) is 7.48. The molecule has 4 heterocycles. The molecule has 0 aliphatic carbocycles. The number of anilines is 1. The lowest BCUT2D eigenvalue weighted by Crippen LogP contribution is -2.60. The van der Waals surface area contributed by atoms with Gasteiger partial charge in [0.2, 0.25) is 0 Å². The minimum absolute atomic E-state index is 0.00116. The number of aliphatic hydroxyl groups is 2. The molecule has 67 heavy (non-hydrogen) atoms. The Morgan fingerprint density at radius 2 is 1.66 bits per heavy atom. The molecule has 4 saturated heterocycles. The molecule has 4 fully saturated rings. The molecule has 13 nitrogen and oxygen atoms in total. The van der Waals surface area contributed by atoms with E-state index in [4.69, 9.17) is 28.4 Å². The Hall–Kier alpha value is -3.35. The zero-order chi connectivity index (χ0) is 49.4. The fourth-order valence-corrected chi connectivity index (χ4v) is 11.3. The lowest BCUT2D eigenvalue weighted by atomic mass is 9.77.